The number of benzene rings is 3. The zero-order valence-corrected chi connectivity index (χ0v) is 16.5. The van der Waals surface area contributed by atoms with E-state index in [2.05, 4.69) is 45.9 Å². The molecule has 30 heavy (non-hydrogen) atoms. The minimum atomic E-state index is -0.290. The molecule has 4 N–H and O–H groups in total. The average Bonchev–Trinajstić information content (AvgIpc) is 3.28. The zero-order valence-electron chi connectivity index (χ0n) is 16.5. The van der Waals surface area contributed by atoms with Gasteiger partial charge in [0, 0.05) is 34.3 Å². The summed E-state index contributed by atoms with van der Waals surface area (Å²) in [4.78, 5) is 16.1. The van der Waals surface area contributed by atoms with E-state index in [4.69, 9.17) is 0 Å². The fourth-order valence-corrected chi connectivity index (χ4v) is 4.29. The molecule has 1 aliphatic heterocycles. The van der Waals surface area contributed by atoms with Crippen LogP contribution in [0.1, 0.15) is 38.8 Å². The number of nitrogens with one attached hydrogen (secondary N) is 3. The number of fused-ring (bicyclic) bond motifs is 2. The maximum atomic E-state index is 12.5. The Hall–Kier alpha value is -3.57. The Balaban J connectivity index is 1.45. The van der Waals surface area contributed by atoms with Crippen LogP contribution in [0.2, 0.25) is 0 Å². The van der Waals surface area contributed by atoms with E-state index in [0.29, 0.717) is 12.1 Å². The van der Waals surface area contributed by atoms with E-state index < -0.39 is 0 Å². The molecule has 5 rings (SSSR count). The van der Waals surface area contributed by atoms with Gasteiger partial charge in [-0.1, -0.05) is 48.5 Å². The first-order valence-corrected chi connectivity index (χ1v) is 10.2. The monoisotopic (exact) mass is 397 g/mol. The number of H-pyrrole nitrogens is 1. The largest absolute Gasteiger partial charge is 0.508 e. The number of hydrogen-bond donors (Lipinski definition) is 4. The Kier molecular flexibility index (Phi) is 4.73. The van der Waals surface area contributed by atoms with Crippen LogP contribution in [0.3, 0.4) is 0 Å². The van der Waals surface area contributed by atoms with E-state index in [1.807, 2.05) is 24.3 Å². The second-order valence-corrected chi connectivity index (χ2v) is 7.65. The van der Waals surface area contributed by atoms with Gasteiger partial charge in [0.1, 0.15) is 5.75 Å². The van der Waals surface area contributed by atoms with Crippen LogP contribution in [0.25, 0.3) is 10.9 Å². The Morgan fingerprint density at radius 3 is 2.63 bits per heavy atom. The van der Waals surface area contributed by atoms with Gasteiger partial charge < -0.3 is 20.7 Å². The number of aromatic amines is 1. The maximum absolute atomic E-state index is 12.5. The van der Waals surface area contributed by atoms with Crippen LogP contribution < -0.4 is 10.6 Å². The number of hydrogen-bond acceptors (Lipinski definition) is 3. The average molecular weight is 397 g/mol. The van der Waals surface area contributed by atoms with Crippen molar-refractivity contribution in [3.63, 3.8) is 0 Å². The van der Waals surface area contributed by atoms with Crippen molar-refractivity contribution in [2.75, 3.05) is 6.54 Å². The third-order valence-corrected chi connectivity index (χ3v) is 5.72. The first-order valence-electron chi connectivity index (χ1n) is 10.2. The molecule has 3 aromatic carbocycles. The molecule has 1 amide bonds. The molecule has 0 saturated heterocycles. The van der Waals surface area contributed by atoms with Crippen molar-refractivity contribution < 1.29 is 9.90 Å². The van der Waals surface area contributed by atoms with Crippen LogP contribution in [0.5, 0.6) is 5.75 Å². The van der Waals surface area contributed by atoms with E-state index in [1.54, 1.807) is 18.2 Å². The smallest absolute Gasteiger partial charge is 0.252 e. The quantitative estimate of drug-likeness (QED) is 0.371. The molecule has 0 fully saturated rings. The third-order valence-electron chi connectivity index (χ3n) is 5.72. The van der Waals surface area contributed by atoms with E-state index in [1.165, 1.54) is 5.56 Å². The van der Waals surface area contributed by atoms with E-state index >= 15 is 0 Å². The number of aromatic hydroxyl groups is 1. The summed E-state index contributed by atoms with van der Waals surface area (Å²) in [5.41, 5.74) is 5.87. The summed E-state index contributed by atoms with van der Waals surface area (Å²) < 4.78 is 0. The summed E-state index contributed by atoms with van der Waals surface area (Å²) in [5, 5.41) is 17.7. The summed E-state index contributed by atoms with van der Waals surface area (Å²) in [7, 11) is 0. The van der Waals surface area contributed by atoms with Gasteiger partial charge in [0.25, 0.3) is 5.91 Å². The first kappa shape index (κ1) is 18.5. The maximum Gasteiger partial charge on any atom is 0.252 e. The van der Waals surface area contributed by atoms with E-state index in [0.717, 1.165) is 40.7 Å². The molecular weight excluding hydrogens is 374 g/mol. The van der Waals surface area contributed by atoms with E-state index in [-0.39, 0.29) is 17.7 Å². The van der Waals surface area contributed by atoms with Crippen molar-refractivity contribution in [2.24, 2.45) is 0 Å². The molecule has 2 heterocycles. The number of phenols is 1. The van der Waals surface area contributed by atoms with Crippen LogP contribution in [0.4, 0.5) is 0 Å². The van der Waals surface area contributed by atoms with Crippen molar-refractivity contribution in [1.29, 1.82) is 0 Å². The van der Waals surface area contributed by atoms with Gasteiger partial charge in [0.2, 0.25) is 0 Å². The fourth-order valence-electron chi connectivity index (χ4n) is 4.29. The zero-order chi connectivity index (χ0) is 20.5. The van der Waals surface area contributed by atoms with Crippen molar-refractivity contribution >= 4 is 16.8 Å². The van der Waals surface area contributed by atoms with Crippen LogP contribution in [0, 0.1) is 0 Å². The predicted molar refractivity (Wildman–Crippen MR) is 118 cm³/mol. The minimum Gasteiger partial charge on any atom is -0.508 e. The lowest BCUT2D eigenvalue weighted by atomic mass is 9.95. The Morgan fingerprint density at radius 2 is 1.77 bits per heavy atom. The van der Waals surface area contributed by atoms with Crippen molar-refractivity contribution in [3.05, 3.63) is 101 Å². The van der Waals surface area contributed by atoms with Crippen molar-refractivity contribution in [2.45, 2.75) is 19.0 Å². The van der Waals surface area contributed by atoms with Crippen LogP contribution >= 0.6 is 0 Å². The number of carbonyl (C=O) groups excluding carboxylic acids is 1. The molecule has 1 aromatic heterocycles. The number of aromatic nitrogens is 1. The molecule has 150 valence electrons. The second-order valence-electron chi connectivity index (χ2n) is 7.65. The van der Waals surface area contributed by atoms with Crippen molar-refractivity contribution in [3.8, 4) is 5.75 Å². The number of phenolic OH excluding ortho intramolecular Hbond substituents is 1. The minimum absolute atomic E-state index is 0.108. The Bertz CT molecular complexity index is 1210. The number of amides is 1. The second kappa shape index (κ2) is 7.69. The molecule has 0 saturated carbocycles. The normalized spacial score (nSPS) is 15.3. The molecule has 5 nitrogen and oxygen atoms in total. The van der Waals surface area contributed by atoms with Gasteiger partial charge in [-0.15, -0.1) is 0 Å². The van der Waals surface area contributed by atoms with Gasteiger partial charge in [-0.3, -0.25) is 4.79 Å². The highest BCUT2D eigenvalue weighted by molar-refractivity contribution is 6.01. The lowest BCUT2D eigenvalue weighted by Gasteiger charge is -2.15. The third kappa shape index (κ3) is 3.33. The molecule has 0 bridgehead atoms. The predicted octanol–water partition coefficient (Wildman–Crippen LogP) is 4.04. The summed E-state index contributed by atoms with van der Waals surface area (Å²) in [6.45, 7) is 1.52. The van der Waals surface area contributed by atoms with Gasteiger partial charge >= 0.3 is 0 Å². The summed E-state index contributed by atoms with van der Waals surface area (Å²) in [6, 6.07) is 23.2. The van der Waals surface area contributed by atoms with Gasteiger partial charge in [0.05, 0.1) is 6.04 Å². The van der Waals surface area contributed by atoms with Gasteiger partial charge in [-0.25, -0.2) is 0 Å². The molecule has 0 radical (unpaired) electrons. The summed E-state index contributed by atoms with van der Waals surface area (Å²) in [6.07, 6.45) is 0.952. The molecule has 4 aromatic rings. The van der Waals surface area contributed by atoms with Gasteiger partial charge in [-0.2, -0.15) is 0 Å². The molecule has 1 unspecified atom stereocenters. The molecule has 5 heteroatoms. The van der Waals surface area contributed by atoms with Crippen LogP contribution in [-0.4, -0.2) is 22.5 Å². The summed E-state index contributed by atoms with van der Waals surface area (Å²) >= 11 is 0. The summed E-state index contributed by atoms with van der Waals surface area (Å²) in [5.74, 6) is 0.0564. The highest BCUT2D eigenvalue weighted by Gasteiger charge is 2.33. The topological polar surface area (TPSA) is 77.2 Å². The standard InChI is InChI=1S/C25H23N3O2/c29-17-10-11-18-20(14-17)24(28-25(18)30)23-19-8-4-5-9-21(19)27-22(23)15-26-13-12-16-6-2-1-3-7-16/h1-11,14,24,26-27,29H,12-13,15H2,(H,28,30). The molecular formula is C25H23N3O2. The highest BCUT2D eigenvalue weighted by atomic mass is 16.3. The highest BCUT2D eigenvalue weighted by Crippen LogP contribution is 2.38. The van der Waals surface area contributed by atoms with Crippen molar-refractivity contribution in [1.82, 2.24) is 15.6 Å². The molecule has 0 aliphatic carbocycles. The molecule has 1 aliphatic rings. The SMILES string of the molecule is O=C1NC(c2c(CNCCc3ccccc3)[nH]c3ccccc23)c2cc(O)ccc21. The number of para-hydroxylation sites is 1. The Labute approximate surface area is 174 Å². The molecule has 1 atom stereocenters. The van der Waals surface area contributed by atoms with Crippen LogP contribution in [-0.2, 0) is 13.0 Å². The first-order chi connectivity index (χ1) is 14.7. The fraction of sp³-hybridized carbons (Fsp3) is 0.160. The van der Waals surface area contributed by atoms with Crippen LogP contribution in [0.15, 0.2) is 72.8 Å². The van der Waals surface area contributed by atoms with Gasteiger partial charge in [0.15, 0.2) is 0 Å². The lowest BCUT2D eigenvalue weighted by molar-refractivity contribution is 0.0960. The number of rotatable bonds is 6. The number of carbonyl (C=O) groups is 1. The van der Waals surface area contributed by atoms with E-state index in [9.17, 15) is 9.90 Å². The Morgan fingerprint density at radius 1 is 0.967 bits per heavy atom. The lowest BCUT2D eigenvalue weighted by Crippen LogP contribution is -2.23. The molecule has 0 spiro atoms. The van der Waals surface area contributed by atoms with Gasteiger partial charge in [-0.05, 0) is 48.4 Å².